The molecule has 0 aromatic carbocycles. The van der Waals surface area contributed by atoms with E-state index in [-0.39, 0.29) is 30.3 Å². The van der Waals surface area contributed by atoms with Crippen LogP contribution in [0.4, 0.5) is 0 Å². The van der Waals surface area contributed by atoms with E-state index in [1.807, 2.05) is 13.8 Å². The van der Waals surface area contributed by atoms with Crippen LogP contribution in [0, 0.1) is 5.92 Å². The highest BCUT2D eigenvalue weighted by atomic mass is 16.5. The molecule has 20 heavy (non-hydrogen) atoms. The Morgan fingerprint density at radius 1 is 1.30 bits per heavy atom. The van der Waals surface area contributed by atoms with Crippen LogP contribution >= 0.6 is 0 Å². The predicted molar refractivity (Wildman–Crippen MR) is 72.8 cm³/mol. The number of methoxy groups -OCH3 is 1. The van der Waals surface area contributed by atoms with Crippen molar-refractivity contribution in [3.05, 3.63) is 0 Å². The molecule has 0 aromatic rings. The van der Waals surface area contributed by atoms with Gasteiger partial charge in [0.05, 0.1) is 19.7 Å². The van der Waals surface area contributed by atoms with Crippen LogP contribution in [0.2, 0.25) is 0 Å². The fraction of sp³-hybridized carbons (Fsp3) is 0.769. The Labute approximate surface area is 119 Å². The second-order valence-electron chi connectivity index (χ2n) is 5.37. The summed E-state index contributed by atoms with van der Waals surface area (Å²) >= 11 is 0. The van der Waals surface area contributed by atoms with Gasteiger partial charge in [-0.05, 0) is 5.92 Å². The van der Waals surface area contributed by atoms with Gasteiger partial charge in [0.2, 0.25) is 11.8 Å². The summed E-state index contributed by atoms with van der Waals surface area (Å²) in [6, 6.07) is -0.810. The molecule has 0 radical (unpaired) electrons. The molecule has 1 aliphatic heterocycles. The van der Waals surface area contributed by atoms with Crippen LogP contribution in [-0.4, -0.2) is 74.0 Å². The summed E-state index contributed by atoms with van der Waals surface area (Å²) in [7, 11) is 4.43. The molecule has 7 nitrogen and oxygen atoms in total. The second-order valence-corrected chi connectivity index (χ2v) is 5.37. The van der Waals surface area contributed by atoms with Gasteiger partial charge in [0.25, 0.3) is 0 Å². The third kappa shape index (κ3) is 3.93. The molecular weight excluding hydrogens is 262 g/mol. The second kappa shape index (κ2) is 6.69. The summed E-state index contributed by atoms with van der Waals surface area (Å²) in [5.74, 6) is -0.910. The van der Waals surface area contributed by atoms with Gasteiger partial charge >= 0.3 is 5.97 Å². The Hall–Kier alpha value is -1.63. The van der Waals surface area contributed by atoms with E-state index < -0.39 is 12.0 Å². The minimum absolute atomic E-state index is 0.0479. The summed E-state index contributed by atoms with van der Waals surface area (Å²) in [5.41, 5.74) is 0. The van der Waals surface area contributed by atoms with E-state index in [1.165, 1.54) is 16.9 Å². The number of rotatable bonds is 6. The number of likely N-dealkylation sites (N-methyl/N-ethyl adjacent to an activating group) is 2. The van der Waals surface area contributed by atoms with Crippen LogP contribution in [0.3, 0.4) is 0 Å². The standard InChI is InChI=1S/C13H23N3O4/c1-8(2)11(13(19)20-5)16(4)10(17)7-15(3)12(18)9-6-14-9/h8-9,11,14H,6-7H2,1-5H3/t9-,11-/m0/s1. The highest BCUT2D eigenvalue weighted by Gasteiger charge is 2.34. The fourth-order valence-electron chi connectivity index (χ4n) is 2.05. The molecule has 2 amide bonds. The van der Waals surface area contributed by atoms with E-state index in [0.29, 0.717) is 6.54 Å². The van der Waals surface area contributed by atoms with Gasteiger partial charge in [-0.1, -0.05) is 13.8 Å². The largest absolute Gasteiger partial charge is 0.467 e. The third-order valence-electron chi connectivity index (χ3n) is 3.34. The molecule has 1 heterocycles. The molecule has 1 aliphatic rings. The summed E-state index contributed by atoms with van der Waals surface area (Å²) in [6.45, 7) is 4.29. The van der Waals surface area contributed by atoms with Crippen molar-refractivity contribution in [3.63, 3.8) is 0 Å². The molecule has 114 valence electrons. The van der Waals surface area contributed by atoms with Crippen LogP contribution < -0.4 is 5.32 Å². The molecule has 7 heteroatoms. The van der Waals surface area contributed by atoms with Crippen LogP contribution in [0.25, 0.3) is 0 Å². The Kier molecular flexibility index (Phi) is 5.50. The van der Waals surface area contributed by atoms with Crippen LogP contribution in [0.15, 0.2) is 0 Å². The molecule has 1 N–H and O–H groups in total. The molecule has 0 aliphatic carbocycles. The maximum atomic E-state index is 12.2. The SMILES string of the molecule is COC(=O)[C@H](C(C)C)N(C)C(=O)CN(C)C(=O)[C@@H]1CN1. The van der Waals surface area contributed by atoms with Crippen molar-refractivity contribution in [3.8, 4) is 0 Å². The lowest BCUT2D eigenvalue weighted by molar-refractivity contribution is -0.154. The summed E-state index contributed by atoms with van der Waals surface area (Å²) in [6.07, 6.45) is 0. The van der Waals surface area contributed by atoms with Gasteiger partial charge in [-0.3, -0.25) is 9.59 Å². The number of esters is 1. The first-order valence-corrected chi connectivity index (χ1v) is 6.61. The lowest BCUT2D eigenvalue weighted by Crippen LogP contribution is -2.50. The lowest BCUT2D eigenvalue weighted by atomic mass is 10.0. The molecule has 0 saturated carbocycles. The Balaban J connectivity index is 2.63. The molecule has 1 fully saturated rings. The number of carbonyl (C=O) groups is 3. The summed E-state index contributed by atoms with van der Waals surface area (Å²) in [5, 5.41) is 2.90. The minimum atomic E-state index is -0.643. The van der Waals surface area contributed by atoms with E-state index >= 15 is 0 Å². The summed E-state index contributed by atoms with van der Waals surface area (Å²) in [4.78, 5) is 38.4. The lowest BCUT2D eigenvalue weighted by Gasteiger charge is -2.30. The Morgan fingerprint density at radius 2 is 1.85 bits per heavy atom. The van der Waals surface area contributed by atoms with Crippen LogP contribution in [0.5, 0.6) is 0 Å². The van der Waals surface area contributed by atoms with Crippen molar-refractivity contribution >= 4 is 17.8 Å². The average Bonchev–Trinajstić information content (AvgIpc) is 3.21. The Bertz CT molecular complexity index is 393. The molecule has 0 unspecified atom stereocenters. The molecule has 1 saturated heterocycles. The smallest absolute Gasteiger partial charge is 0.328 e. The molecule has 0 bridgehead atoms. The maximum Gasteiger partial charge on any atom is 0.328 e. The monoisotopic (exact) mass is 285 g/mol. The zero-order valence-corrected chi connectivity index (χ0v) is 12.7. The molecule has 0 spiro atoms. The van der Waals surface area contributed by atoms with Crippen molar-refractivity contribution in [2.45, 2.75) is 25.9 Å². The van der Waals surface area contributed by atoms with Gasteiger partial charge in [-0.25, -0.2) is 4.79 Å². The number of ether oxygens (including phenoxy) is 1. The topological polar surface area (TPSA) is 88.9 Å². The molecule has 2 atom stereocenters. The molecule has 0 aromatic heterocycles. The van der Waals surface area contributed by atoms with Gasteiger partial charge in [-0.15, -0.1) is 0 Å². The first-order chi connectivity index (χ1) is 9.29. The van der Waals surface area contributed by atoms with Crippen molar-refractivity contribution < 1.29 is 19.1 Å². The van der Waals surface area contributed by atoms with Crippen molar-refractivity contribution in [2.75, 3.05) is 34.3 Å². The first-order valence-electron chi connectivity index (χ1n) is 6.61. The average molecular weight is 285 g/mol. The van der Waals surface area contributed by atoms with E-state index in [9.17, 15) is 14.4 Å². The van der Waals surface area contributed by atoms with Crippen molar-refractivity contribution in [1.29, 1.82) is 0 Å². The summed E-state index contributed by atoms with van der Waals surface area (Å²) < 4.78 is 4.72. The fourth-order valence-corrected chi connectivity index (χ4v) is 2.05. The van der Waals surface area contributed by atoms with Crippen LogP contribution in [0.1, 0.15) is 13.8 Å². The zero-order valence-electron chi connectivity index (χ0n) is 12.7. The number of nitrogens with zero attached hydrogens (tertiary/aromatic N) is 2. The normalized spacial score (nSPS) is 18.4. The van der Waals surface area contributed by atoms with Gasteiger partial charge < -0.3 is 19.9 Å². The highest BCUT2D eigenvalue weighted by Crippen LogP contribution is 2.12. The van der Waals surface area contributed by atoms with Crippen molar-refractivity contribution in [1.82, 2.24) is 15.1 Å². The number of hydrogen-bond donors (Lipinski definition) is 1. The van der Waals surface area contributed by atoms with Crippen LogP contribution in [-0.2, 0) is 19.1 Å². The van der Waals surface area contributed by atoms with E-state index in [4.69, 9.17) is 4.74 Å². The number of amides is 2. The zero-order chi connectivity index (χ0) is 15.4. The van der Waals surface area contributed by atoms with Gasteiger partial charge in [-0.2, -0.15) is 0 Å². The quantitative estimate of drug-likeness (QED) is 0.503. The number of nitrogens with one attached hydrogen (secondary N) is 1. The van der Waals surface area contributed by atoms with E-state index in [2.05, 4.69) is 5.32 Å². The van der Waals surface area contributed by atoms with Crippen molar-refractivity contribution in [2.24, 2.45) is 5.92 Å². The first kappa shape index (κ1) is 16.4. The minimum Gasteiger partial charge on any atom is -0.467 e. The van der Waals surface area contributed by atoms with Gasteiger partial charge in [0.1, 0.15) is 6.04 Å². The number of hydrogen-bond acceptors (Lipinski definition) is 5. The molecule has 1 rings (SSSR count). The predicted octanol–water partition coefficient (Wildman–Crippen LogP) is -0.927. The maximum absolute atomic E-state index is 12.2. The molecular formula is C13H23N3O4. The van der Waals surface area contributed by atoms with Gasteiger partial charge in [0, 0.05) is 20.6 Å². The Morgan fingerprint density at radius 3 is 2.25 bits per heavy atom. The van der Waals surface area contributed by atoms with Gasteiger partial charge in [0.15, 0.2) is 0 Å². The van der Waals surface area contributed by atoms with E-state index in [1.54, 1.807) is 14.1 Å². The van der Waals surface area contributed by atoms with E-state index in [0.717, 1.165) is 0 Å². The highest BCUT2D eigenvalue weighted by molar-refractivity contribution is 5.90. The third-order valence-corrected chi connectivity index (χ3v) is 3.34. The number of carbonyl (C=O) groups excluding carboxylic acids is 3.